The van der Waals surface area contributed by atoms with Gasteiger partial charge in [0.1, 0.15) is 0 Å². The average Bonchev–Trinajstić information content (AvgIpc) is 2.66. The second kappa shape index (κ2) is 8.60. The average molecular weight is 390 g/mol. The Morgan fingerprint density at radius 2 is 1.68 bits per heavy atom. The topological polar surface area (TPSA) is 60.0 Å². The zero-order valence-corrected chi connectivity index (χ0v) is 17.3. The molecule has 1 aromatic carbocycles. The first-order valence-electron chi connectivity index (χ1n) is 10.8. The van der Waals surface area contributed by atoms with Crippen LogP contribution in [-0.4, -0.2) is 45.1 Å². The Morgan fingerprint density at radius 1 is 1.04 bits per heavy atom. The lowest BCUT2D eigenvalue weighted by Gasteiger charge is -2.57. The number of benzene rings is 1. The number of hydrogen-bond acceptors (Lipinski definition) is 5. The van der Waals surface area contributed by atoms with Crippen molar-refractivity contribution in [3.63, 3.8) is 0 Å². The molecule has 4 bridgehead atoms. The summed E-state index contributed by atoms with van der Waals surface area (Å²) >= 11 is 0. The summed E-state index contributed by atoms with van der Waals surface area (Å²) in [6.45, 7) is 2.45. The lowest BCUT2D eigenvalue weighted by molar-refractivity contribution is -0.0532. The molecule has 0 aliphatic heterocycles. The highest BCUT2D eigenvalue weighted by Crippen LogP contribution is 2.59. The van der Waals surface area contributed by atoms with Gasteiger partial charge in [0.2, 0.25) is 0 Å². The number of rotatable bonds is 10. The predicted molar refractivity (Wildman–Crippen MR) is 109 cm³/mol. The molecule has 1 unspecified atom stereocenters. The van der Waals surface area contributed by atoms with E-state index >= 15 is 0 Å². The van der Waals surface area contributed by atoms with Crippen LogP contribution >= 0.6 is 0 Å². The quantitative estimate of drug-likeness (QED) is 0.642. The second-order valence-corrected chi connectivity index (χ2v) is 9.41. The monoisotopic (exact) mass is 389 g/mol. The van der Waals surface area contributed by atoms with Gasteiger partial charge in [-0.25, -0.2) is 0 Å². The van der Waals surface area contributed by atoms with Crippen molar-refractivity contribution < 1.29 is 19.3 Å². The van der Waals surface area contributed by atoms with Gasteiger partial charge in [0, 0.05) is 13.1 Å². The molecule has 5 nitrogen and oxygen atoms in total. The molecule has 0 heterocycles. The Bertz CT molecular complexity index is 627. The number of hydrogen-bond donors (Lipinski definition) is 2. The maximum absolute atomic E-state index is 10.3. The molecule has 0 amide bonds. The summed E-state index contributed by atoms with van der Waals surface area (Å²) in [6.07, 6.45) is 8.16. The van der Waals surface area contributed by atoms with Crippen LogP contribution < -0.4 is 14.8 Å². The number of aliphatic hydroxyl groups is 1. The van der Waals surface area contributed by atoms with E-state index in [1.165, 1.54) is 38.5 Å². The van der Waals surface area contributed by atoms with Gasteiger partial charge in [0.15, 0.2) is 11.5 Å². The van der Waals surface area contributed by atoms with Crippen LogP contribution in [-0.2, 0) is 11.3 Å². The third kappa shape index (κ3) is 4.47. The van der Waals surface area contributed by atoms with Crippen molar-refractivity contribution in [1.29, 1.82) is 0 Å². The molecule has 2 N–H and O–H groups in total. The molecular formula is C23H35NO4. The summed E-state index contributed by atoms with van der Waals surface area (Å²) in [6, 6.07) is 5.75. The fraction of sp³-hybridized carbons (Fsp3) is 0.739. The molecule has 0 radical (unpaired) electrons. The van der Waals surface area contributed by atoms with E-state index in [4.69, 9.17) is 14.2 Å². The van der Waals surface area contributed by atoms with Crippen LogP contribution in [0.1, 0.15) is 44.1 Å². The van der Waals surface area contributed by atoms with E-state index in [1.807, 2.05) is 18.2 Å². The van der Waals surface area contributed by atoms with Crippen molar-refractivity contribution in [2.24, 2.45) is 23.2 Å². The lowest BCUT2D eigenvalue weighted by Crippen LogP contribution is -2.51. The van der Waals surface area contributed by atoms with E-state index in [2.05, 4.69) is 5.32 Å². The minimum Gasteiger partial charge on any atom is -0.493 e. The van der Waals surface area contributed by atoms with E-state index in [0.717, 1.165) is 29.9 Å². The molecule has 0 spiro atoms. The molecule has 0 saturated heterocycles. The summed E-state index contributed by atoms with van der Waals surface area (Å²) < 4.78 is 16.3. The Labute approximate surface area is 168 Å². The third-order valence-corrected chi connectivity index (χ3v) is 7.07. The van der Waals surface area contributed by atoms with Gasteiger partial charge in [-0.05, 0) is 79.4 Å². The maximum atomic E-state index is 10.3. The van der Waals surface area contributed by atoms with Gasteiger partial charge in [0.25, 0.3) is 0 Å². The van der Waals surface area contributed by atoms with E-state index in [-0.39, 0.29) is 0 Å². The normalized spacial score (nSPS) is 31.8. The first-order chi connectivity index (χ1) is 13.6. The highest BCUT2D eigenvalue weighted by molar-refractivity contribution is 5.42. The highest BCUT2D eigenvalue weighted by atomic mass is 16.5. The van der Waals surface area contributed by atoms with Gasteiger partial charge in [-0.2, -0.15) is 0 Å². The molecule has 4 aliphatic carbocycles. The van der Waals surface area contributed by atoms with Crippen molar-refractivity contribution in [2.75, 3.05) is 33.9 Å². The largest absolute Gasteiger partial charge is 0.493 e. The smallest absolute Gasteiger partial charge is 0.161 e. The van der Waals surface area contributed by atoms with Gasteiger partial charge in [-0.15, -0.1) is 0 Å². The van der Waals surface area contributed by atoms with Crippen molar-refractivity contribution in [3.05, 3.63) is 23.8 Å². The zero-order chi connectivity index (χ0) is 19.6. The highest BCUT2D eigenvalue weighted by Gasteiger charge is 2.50. The van der Waals surface area contributed by atoms with E-state index in [9.17, 15) is 5.11 Å². The lowest BCUT2D eigenvalue weighted by atomic mass is 9.49. The SMILES string of the molecule is COc1ccc(COCC(O)CNCC23CC4CC(CC(C4)C2)C3)cc1OC. The minimum atomic E-state index is -0.478. The van der Waals surface area contributed by atoms with Gasteiger partial charge in [-0.1, -0.05) is 6.07 Å². The first kappa shape index (κ1) is 20.0. The summed E-state index contributed by atoms with van der Waals surface area (Å²) in [5, 5.41) is 13.8. The van der Waals surface area contributed by atoms with Crippen LogP contribution in [0.3, 0.4) is 0 Å². The van der Waals surface area contributed by atoms with Crippen molar-refractivity contribution in [1.82, 2.24) is 5.32 Å². The van der Waals surface area contributed by atoms with Gasteiger partial charge < -0.3 is 24.6 Å². The van der Waals surface area contributed by atoms with Crippen LogP contribution in [0.15, 0.2) is 18.2 Å². The number of methoxy groups -OCH3 is 2. The van der Waals surface area contributed by atoms with Crippen LogP contribution in [0.25, 0.3) is 0 Å². The van der Waals surface area contributed by atoms with Crippen LogP contribution in [0.5, 0.6) is 11.5 Å². The van der Waals surface area contributed by atoms with E-state index in [1.54, 1.807) is 14.2 Å². The van der Waals surface area contributed by atoms with Crippen molar-refractivity contribution in [3.8, 4) is 11.5 Å². The Hall–Kier alpha value is -1.30. The Morgan fingerprint density at radius 3 is 2.29 bits per heavy atom. The van der Waals surface area contributed by atoms with E-state index in [0.29, 0.717) is 36.7 Å². The molecule has 4 saturated carbocycles. The summed E-state index contributed by atoms with van der Waals surface area (Å²) in [7, 11) is 3.25. The van der Waals surface area contributed by atoms with Crippen LogP contribution in [0, 0.1) is 23.2 Å². The third-order valence-electron chi connectivity index (χ3n) is 7.07. The number of ether oxygens (including phenoxy) is 3. The maximum Gasteiger partial charge on any atom is 0.161 e. The van der Waals surface area contributed by atoms with Crippen molar-refractivity contribution >= 4 is 0 Å². The standard InChI is InChI=1S/C23H35NO4/c1-26-21-4-3-16(8-22(21)27-2)13-28-14-20(25)12-24-15-23-9-17-5-18(10-23)7-19(6-17)11-23/h3-4,8,17-20,24-25H,5-7,9-15H2,1-2H3. The molecule has 4 fully saturated rings. The molecule has 1 atom stereocenters. The van der Waals surface area contributed by atoms with Gasteiger partial charge in [0.05, 0.1) is 33.5 Å². The zero-order valence-electron chi connectivity index (χ0n) is 17.3. The van der Waals surface area contributed by atoms with E-state index < -0.39 is 6.10 Å². The minimum absolute atomic E-state index is 0.336. The molecule has 0 aromatic heterocycles. The molecule has 5 rings (SSSR count). The summed E-state index contributed by atoms with van der Waals surface area (Å²) in [5.74, 6) is 4.33. The fourth-order valence-electron chi connectivity index (χ4n) is 6.35. The Balaban J connectivity index is 1.17. The van der Waals surface area contributed by atoms with Crippen molar-refractivity contribution in [2.45, 2.75) is 51.2 Å². The first-order valence-corrected chi connectivity index (χ1v) is 10.8. The predicted octanol–water partition coefficient (Wildman–Crippen LogP) is 3.39. The summed E-state index contributed by atoms with van der Waals surface area (Å²) in [4.78, 5) is 0. The molecular weight excluding hydrogens is 354 g/mol. The molecule has 1 aromatic rings. The summed E-state index contributed by atoms with van der Waals surface area (Å²) in [5.41, 5.74) is 1.51. The molecule has 5 heteroatoms. The second-order valence-electron chi connectivity index (χ2n) is 9.41. The Kier molecular flexibility index (Phi) is 6.14. The molecule has 28 heavy (non-hydrogen) atoms. The number of aliphatic hydroxyl groups excluding tert-OH is 1. The van der Waals surface area contributed by atoms with Crippen LogP contribution in [0.2, 0.25) is 0 Å². The van der Waals surface area contributed by atoms with Gasteiger partial charge in [-0.3, -0.25) is 0 Å². The molecule has 4 aliphatic rings. The van der Waals surface area contributed by atoms with Gasteiger partial charge >= 0.3 is 0 Å². The molecule has 156 valence electrons. The fourth-order valence-corrected chi connectivity index (χ4v) is 6.35. The number of nitrogens with one attached hydrogen (secondary N) is 1. The van der Waals surface area contributed by atoms with Crippen LogP contribution in [0.4, 0.5) is 0 Å².